The molecule has 1 N–H and O–H groups in total. The number of amides is 1. The minimum atomic E-state index is -0.746. The summed E-state index contributed by atoms with van der Waals surface area (Å²) in [6.07, 6.45) is 0. The Labute approximate surface area is 145 Å². The number of carbonyl (C=O) groups is 1. The summed E-state index contributed by atoms with van der Waals surface area (Å²) < 4.78 is 5.58. The average molecular weight is 339 g/mol. The number of nitriles is 1. The number of nitrogens with one attached hydrogen (secondary N) is 1. The largest absolute Gasteiger partial charge is 0.490 e. The van der Waals surface area contributed by atoms with Crippen molar-refractivity contribution in [2.75, 3.05) is 6.61 Å². The Morgan fingerprint density at radius 1 is 1.24 bits per heavy atom. The van der Waals surface area contributed by atoms with Gasteiger partial charge in [0.15, 0.2) is 5.56 Å². The van der Waals surface area contributed by atoms with E-state index < -0.39 is 10.5 Å². The van der Waals surface area contributed by atoms with Crippen LogP contribution in [0.5, 0.6) is 5.75 Å². The Kier molecular flexibility index (Phi) is 5.35. The fraction of sp³-hybridized carbons (Fsp3) is 0.222. The highest BCUT2D eigenvalue weighted by atomic mass is 16.6. The minimum Gasteiger partial charge on any atom is -0.490 e. The number of benzene rings is 2. The highest BCUT2D eigenvalue weighted by molar-refractivity contribution is 5.94. The van der Waals surface area contributed by atoms with Crippen molar-refractivity contribution in [3.63, 3.8) is 0 Å². The quantitative estimate of drug-likeness (QED) is 0.643. The first-order chi connectivity index (χ1) is 11.8. The summed E-state index contributed by atoms with van der Waals surface area (Å²) in [5.41, 5.74) is -0.683. The number of ether oxygens (including phenoxy) is 1. The molecule has 2 rings (SSSR count). The minimum absolute atomic E-state index is 0.0431. The first-order valence-electron chi connectivity index (χ1n) is 7.52. The van der Waals surface area contributed by atoms with Gasteiger partial charge >= 0.3 is 0 Å². The number of nitro groups is 1. The molecule has 0 spiro atoms. The second kappa shape index (κ2) is 7.45. The first-order valence-corrected chi connectivity index (χ1v) is 7.52. The molecule has 0 atom stereocenters. The Hall–Kier alpha value is -3.40. The molecule has 0 aliphatic heterocycles. The molecule has 0 saturated heterocycles. The molecule has 0 bridgehead atoms. The van der Waals surface area contributed by atoms with Gasteiger partial charge in [-0.25, -0.2) is 0 Å². The molecule has 1 amide bonds. The van der Waals surface area contributed by atoms with Gasteiger partial charge in [0.2, 0.25) is 0 Å². The summed E-state index contributed by atoms with van der Waals surface area (Å²) in [6, 6.07) is 14.7. The molecule has 2 aromatic rings. The zero-order valence-electron chi connectivity index (χ0n) is 13.9. The Morgan fingerprint density at radius 2 is 1.92 bits per heavy atom. The van der Waals surface area contributed by atoms with Crippen LogP contribution in [0.15, 0.2) is 48.5 Å². The van der Waals surface area contributed by atoms with Gasteiger partial charge in [-0.1, -0.05) is 24.3 Å². The van der Waals surface area contributed by atoms with Gasteiger partial charge < -0.3 is 10.1 Å². The van der Waals surface area contributed by atoms with Crippen molar-refractivity contribution in [1.82, 2.24) is 5.32 Å². The lowest BCUT2D eigenvalue weighted by atomic mass is 10.1. The van der Waals surface area contributed by atoms with Crippen molar-refractivity contribution in [1.29, 1.82) is 5.26 Å². The van der Waals surface area contributed by atoms with E-state index in [1.165, 1.54) is 18.2 Å². The molecule has 0 saturated carbocycles. The summed E-state index contributed by atoms with van der Waals surface area (Å²) in [6.45, 7) is 3.57. The van der Waals surface area contributed by atoms with Crippen LogP contribution in [-0.2, 0) is 0 Å². The molecule has 0 aliphatic carbocycles. The van der Waals surface area contributed by atoms with Gasteiger partial charge in [0.25, 0.3) is 11.6 Å². The van der Waals surface area contributed by atoms with Gasteiger partial charge in [-0.05, 0) is 32.0 Å². The fourth-order valence-corrected chi connectivity index (χ4v) is 2.17. The topological polar surface area (TPSA) is 105 Å². The summed E-state index contributed by atoms with van der Waals surface area (Å²) in [4.78, 5) is 22.6. The van der Waals surface area contributed by atoms with Crippen LogP contribution in [0.1, 0.15) is 29.8 Å². The van der Waals surface area contributed by atoms with E-state index in [-0.39, 0.29) is 29.5 Å². The smallest absolute Gasteiger partial charge is 0.290 e. The number of rotatable bonds is 6. The van der Waals surface area contributed by atoms with E-state index in [2.05, 4.69) is 5.32 Å². The molecule has 0 heterocycles. The predicted molar refractivity (Wildman–Crippen MR) is 91.3 cm³/mol. The molecule has 0 unspecified atom stereocenters. The first kappa shape index (κ1) is 17.9. The zero-order chi connectivity index (χ0) is 18.4. The lowest BCUT2D eigenvalue weighted by Gasteiger charge is -2.26. The monoisotopic (exact) mass is 339 g/mol. The number of nitro benzene ring substituents is 1. The molecule has 0 fully saturated rings. The van der Waals surface area contributed by atoms with Gasteiger partial charge in [-0.2, -0.15) is 5.26 Å². The lowest BCUT2D eigenvalue weighted by molar-refractivity contribution is -0.385. The standard InChI is InChI=1S/C18H17N3O4/c1-18(2,20-17(22)13-7-4-3-5-8-13)12-25-16-10-6-9-15(21(23)24)14(16)11-19/h3-10H,12H2,1-2H3,(H,20,22). The Balaban J connectivity index is 2.10. The van der Waals surface area contributed by atoms with Crippen molar-refractivity contribution in [3.8, 4) is 11.8 Å². The molecule has 128 valence electrons. The maximum absolute atomic E-state index is 12.2. The maximum Gasteiger partial charge on any atom is 0.290 e. The van der Waals surface area contributed by atoms with E-state index >= 15 is 0 Å². The summed E-state index contributed by atoms with van der Waals surface area (Å²) in [5.74, 6) is -0.146. The number of nitrogens with zero attached hydrogens (tertiary/aromatic N) is 2. The van der Waals surface area contributed by atoms with Crippen molar-refractivity contribution in [2.45, 2.75) is 19.4 Å². The Bertz CT molecular complexity index is 826. The highest BCUT2D eigenvalue weighted by Crippen LogP contribution is 2.27. The van der Waals surface area contributed by atoms with Gasteiger partial charge in [0.1, 0.15) is 18.4 Å². The number of hydrogen-bond acceptors (Lipinski definition) is 5. The van der Waals surface area contributed by atoms with Crippen LogP contribution in [0, 0.1) is 21.4 Å². The van der Waals surface area contributed by atoms with Crippen LogP contribution >= 0.6 is 0 Å². The second-order valence-electron chi connectivity index (χ2n) is 6.01. The maximum atomic E-state index is 12.2. The normalized spacial score (nSPS) is 10.6. The van der Waals surface area contributed by atoms with Crippen LogP contribution < -0.4 is 10.1 Å². The summed E-state index contributed by atoms with van der Waals surface area (Å²) >= 11 is 0. The van der Waals surface area contributed by atoms with E-state index in [0.717, 1.165) is 0 Å². The second-order valence-corrected chi connectivity index (χ2v) is 6.01. The fourth-order valence-electron chi connectivity index (χ4n) is 2.17. The van der Waals surface area contributed by atoms with Gasteiger partial charge in [-0.15, -0.1) is 0 Å². The zero-order valence-corrected chi connectivity index (χ0v) is 13.9. The predicted octanol–water partition coefficient (Wildman–Crippen LogP) is 3.05. The lowest BCUT2D eigenvalue weighted by Crippen LogP contribution is -2.47. The van der Waals surface area contributed by atoms with Crippen LogP contribution in [0.3, 0.4) is 0 Å². The van der Waals surface area contributed by atoms with Crippen LogP contribution in [0.25, 0.3) is 0 Å². The molecule has 2 aromatic carbocycles. The molecule has 25 heavy (non-hydrogen) atoms. The molecule has 0 aliphatic rings. The van der Waals surface area contributed by atoms with Crippen LogP contribution in [0.4, 0.5) is 5.69 Å². The molecule has 0 aromatic heterocycles. The third-order valence-corrected chi connectivity index (χ3v) is 3.39. The van der Waals surface area contributed by atoms with Crippen LogP contribution in [0.2, 0.25) is 0 Å². The van der Waals surface area contributed by atoms with E-state index in [1.807, 2.05) is 6.07 Å². The SMILES string of the molecule is CC(C)(COc1cccc([N+](=O)[O-])c1C#N)NC(=O)c1ccccc1. The molecule has 7 heteroatoms. The third kappa shape index (κ3) is 4.54. The molecule has 0 radical (unpaired) electrons. The summed E-state index contributed by atoms with van der Waals surface area (Å²) in [7, 11) is 0. The highest BCUT2D eigenvalue weighted by Gasteiger charge is 2.24. The summed E-state index contributed by atoms with van der Waals surface area (Å²) in [5, 5.41) is 23.0. The van der Waals surface area contributed by atoms with Crippen molar-refractivity contribution >= 4 is 11.6 Å². The molecular formula is C18H17N3O4. The third-order valence-electron chi connectivity index (χ3n) is 3.39. The number of hydrogen-bond donors (Lipinski definition) is 1. The molecular weight excluding hydrogens is 322 g/mol. The van der Waals surface area contributed by atoms with E-state index in [9.17, 15) is 14.9 Å². The van der Waals surface area contributed by atoms with E-state index in [4.69, 9.17) is 10.00 Å². The van der Waals surface area contributed by atoms with Crippen molar-refractivity contribution in [2.24, 2.45) is 0 Å². The average Bonchev–Trinajstić information content (AvgIpc) is 2.59. The van der Waals surface area contributed by atoms with Gasteiger partial charge in [0.05, 0.1) is 10.5 Å². The van der Waals surface area contributed by atoms with Crippen molar-refractivity contribution < 1.29 is 14.5 Å². The van der Waals surface area contributed by atoms with E-state index in [1.54, 1.807) is 44.2 Å². The Morgan fingerprint density at radius 3 is 2.52 bits per heavy atom. The van der Waals surface area contributed by atoms with Crippen molar-refractivity contribution in [3.05, 3.63) is 69.8 Å². The molecule has 7 nitrogen and oxygen atoms in total. The van der Waals surface area contributed by atoms with E-state index in [0.29, 0.717) is 5.56 Å². The van der Waals surface area contributed by atoms with Crippen LogP contribution in [-0.4, -0.2) is 23.0 Å². The van der Waals surface area contributed by atoms with Gasteiger partial charge in [-0.3, -0.25) is 14.9 Å². The van der Waals surface area contributed by atoms with Gasteiger partial charge in [0, 0.05) is 11.6 Å². The number of carbonyl (C=O) groups excluding carboxylic acids is 1.